The number of hydrogen-bond acceptors (Lipinski definition) is 2. The molecule has 0 heterocycles. The highest BCUT2D eigenvalue weighted by Gasteiger charge is 2.08. The van der Waals surface area contributed by atoms with Gasteiger partial charge in [-0.2, -0.15) is 0 Å². The Hall–Kier alpha value is -2.92. The Balaban J connectivity index is 1.64. The Morgan fingerprint density at radius 1 is 0.600 bits per heavy atom. The van der Waals surface area contributed by atoms with Crippen LogP contribution in [0.2, 0.25) is 0 Å². The molecule has 0 bridgehead atoms. The Bertz CT molecular complexity index is 876. The Morgan fingerprint density at radius 2 is 1.04 bits per heavy atom. The third-order valence-electron chi connectivity index (χ3n) is 3.54. The van der Waals surface area contributed by atoms with E-state index in [1.165, 1.54) is 0 Å². The van der Waals surface area contributed by atoms with Crippen LogP contribution in [0.1, 0.15) is 20.7 Å². The second kappa shape index (κ2) is 7.77. The Morgan fingerprint density at radius 3 is 1.56 bits per heavy atom. The summed E-state index contributed by atoms with van der Waals surface area (Å²) in [5.41, 5.74) is 2.45. The summed E-state index contributed by atoms with van der Waals surface area (Å²) in [6, 6.07) is 23.1. The molecule has 5 heteroatoms. The monoisotopic (exact) mass is 394 g/mol. The van der Waals surface area contributed by atoms with E-state index in [0.29, 0.717) is 16.8 Å². The summed E-state index contributed by atoms with van der Waals surface area (Å²) in [6.45, 7) is 0. The van der Waals surface area contributed by atoms with Gasteiger partial charge in [-0.05, 0) is 60.7 Å². The lowest BCUT2D eigenvalue weighted by atomic mass is 10.1. The van der Waals surface area contributed by atoms with Crippen molar-refractivity contribution in [3.8, 4) is 0 Å². The molecule has 0 spiro atoms. The minimum atomic E-state index is -0.205. The van der Waals surface area contributed by atoms with E-state index in [1.54, 1.807) is 36.4 Å². The first-order valence-electron chi connectivity index (χ1n) is 7.65. The van der Waals surface area contributed by atoms with Crippen LogP contribution in [0.5, 0.6) is 0 Å². The van der Waals surface area contributed by atoms with Crippen LogP contribution in [0.25, 0.3) is 0 Å². The summed E-state index contributed by atoms with van der Waals surface area (Å²) >= 11 is 3.35. The molecule has 0 aromatic heterocycles. The molecule has 124 valence electrons. The van der Waals surface area contributed by atoms with Crippen LogP contribution in [0.3, 0.4) is 0 Å². The Kier molecular flexibility index (Phi) is 5.26. The van der Waals surface area contributed by atoms with Crippen molar-refractivity contribution in [2.75, 3.05) is 10.6 Å². The predicted molar refractivity (Wildman–Crippen MR) is 103 cm³/mol. The van der Waals surface area contributed by atoms with E-state index in [-0.39, 0.29) is 11.8 Å². The highest BCUT2D eigenvalue weighted by atomic mass is 79.9. The van der Waals surface area contributed by atoms with Gasteiger partial charge in [-0.1, -0.05) is 34.1 Å². The van der Waals surface area contributed by atoms with E-state index >= 15 is 0 Å². The van der Waals surface area contributed by atoms with Crippen LogP contribution in [0.15, 0.2) is 83.3 Å². The molecule has 0 fully saturated rings. The fourth-order valence-electron chi connectivity index (χ4n) is 2.23. The minimum Gasteiger partial charge on any atom is -0.322 e. The maximum Gasteiger partial charge on any atom is 0.255 e. The predicted octanol–water partition coefficient (Wildman–Crippen LogP) is 4.95. The molecule has 25 heavy (non-hydrogen) atoms. The summed E-state index contributed by atoms with van der Waals surface area (Å²) in [7, 11) is 0. The van der Waals surface area contributed by atoms with Gasteiger partial charge in [0.1, 0.15) is 0 Å². The summed E-state index contributed by atoms with van der Waals surface area (Å²) in [4.78, 5) is 24.4. The fraction of sp³-hybridized carbons (Fsp3) is 0. The number of carbonyl (C=O) groups is 2. The van der Waals surface area contributed by atoms with Crippen molar-refractivity contribution in [1.29, 1.82) is 0 Å². The smallest absolute Gasteiger partial charge is 0.255 e. The lowest BCUT2D eigenvalue weighted by molar-refractivity contribution is 0.102. The van der Waals surface area contributed by atoms with Crippen LogP contribution in [0.4, 0.5) is 11.4 Å². The van der Waals surface area contributed by atoms with Gasteiger partial charge in [-0.25, -0.2) is 0 Å². The lowest BCUT2D eigenvalue weighted by Gasteiger charge is -2.08. The summed E-state index contributed by atoms with van der Waals surface area (Å²) < 4.78 is 0.948. The van der Waals surface area contributed by atoms with Gasteiger partial charge in [-0.15, -0.1) is 0 Å². The number of rotatable bonds is 4. The molecule has 3 aromatic carbocycles. The molecule has 0 aliphatic heterocycles. The lowest BCUT2D eigenvalue weighted by Crippen LogP contribution is -2.13. The summed E-state index contributed by atoms with van der Waals surface area (Å²) in [5, 5.41) is 5.63. The first kappa shape index (κ1) is 16.9. The number of carbonyl (C=O) groups excluding carboxylic acids is 2. The zero-order valence-electron chi connectivity index (χ0n) is 13.2. The topological polar surface area (TPSA) is 58.2 Å². The van der Waals surface area contributed by atoms with Gasteiger partial charge < -0.3 is 10.6 Å². The van der Waals surface area contributed by atoms with E-state index < -0.39 is 0 Å². The molecule has 0 aliphatic rings. The number of halogens is 1. The van der Waals surface area contributed by atoms with Crippen molar-refractivity contribution >= 4 is 39.1 Å². The third-order valence-corrected chi connectivity index (χ3v) is 4.07. The van der Waals surface area contributed by atoms with Crippen molar-refractivity contribution in [3.05, 3.63) is 94.5 Å². The van der Waals surface area contributed by atoms with Crippen molar-refractivity contribution < 1.29 is 9.59 Å². The van der Waals surface area contributed by atoms with Crippen molar-refractivity contribution in [3.63, 3.8) is 0 Å². The van der Waals surface area contributed by atoms with Crippen LogP contribution < -0.4 is 10.6 Å². The van der Waals surface area contributed by atoms with Gasteiger partial charge in [0, 0.05) is 27.0 Å². The van der Waals surface area contributed by atoms with Gasteiger partial charge in [0.15, 0.2) is 0 Å². The van der Waals surface area contributed by atoms with Crippen LogP contribution >= 0.6 is 15.9 Å². The van der Waals surface area contributed by atoms with E-state index in [2.05, 4.69) is 26.6 Å². The standard InChI is InChI=1S/C20H15BrN2O2/c21-16-8-12-18(13-9-16)23-20(25)15-6-10-17(11-7-15)22-19(24)14-4-2-1-3-5-14/h1-13H,(H,22,24)(H,23,25). The van der Waals surface area contributed by atoms with Crippen molar-refractivity contribution in [2.24, 2.45) is 0 Å². The minimum absolute atomic E-state index is 0.187. The van der Waals surface area contributed by atoms with Gasteiger partial charge in [0.2, 0.25) is 0 Å². The number of hydrogen-bond donors (Lipinski definition) is 2. The van der Waals surface area contributed by atoms with E-state index in [1.807, 2.05) is 42.5 Å². The van der Waals surface area contributed by atoms with Gasteiger partial charge in [0.05, 0.1) is 0 Å². The van der Waals surface area contributed by atoms with E-state index in [0.717, 1.165) is 10.2 Å². The molecule has 0 saturated carbocycles. The summed E-state index contributed by atoms with van der Waals surface area (Å²) in [5.74, 6) is -0.393. The van der Waals surface area contributed by atoms with Crippen LogP contribution in [0, 0.1) is 0 Å². The van der Waals surface area contributed by atoms with Gasteiger partial charge in [0.25, 0.3) is 11.8 Å². The highest BCUT2D eigenvalue weighted by molar-refractivity contribution is 9.10. The Labute approximate surface area is 154 Å². The number of anilines is 2. The largest absolute Gasteiger partial charge is 0.322 e. The van der Waals surface area contributed by atoms with Gasteiger partial charge >= 0.3 is 0 Å². The van der Waals surface area contributed by atoms with E-state index in [4.69, 9.17) is 0 Å². The fourth-order valence-corrected chi connectivity index (χ4v) is 2.50. The molecule has 3 rings (SSSR count). The molecule has 2 amide bonds. The highest BCUT2D eigenvalue weighted by Crippen LogP contribution is 2.16. The molecule has 3 aromatic rings. The maximum absolute atomic E-state index is 12.2. The summed E-state index contributed by atoms with van der Waals surface area (Å²) in [6.07, 6.45) is 0. The molecule has 0 unspecified atom stereocenters. The first-order valence-corrected chi connectivity index (χ1v) is 8.44. The van der Waals surface area contributed by atoms with E-state index in [9.17, 15) is 9.59 Å². The first-order chi connectivity index (χ1) is 12.1. The maximum atomic E-state index is 12.2. The average Bonchev–Trinajstić information content (AvgIpc) is 2.65. The molecule has 2 N–H and O–H groups in total. The van der Waals surface area contributed by atoms with Crippen LogP contribution in [-0.4, -0.2) is 11.8 Å². The number of amides is 2. The zero-order valence-corrected chi connectivity index (χ0v) is 14.8. The second-order valence-electron chi connectivity index (χ2n) is 5.36. The van der Waals surface area contributed by atoms with Gasteiger partial charge in [-0.3, -0.25) is 9.59 Å². The molecule has 4 nitrogen and oxygen atoms in total. The SMILES string of the molecule is O=C(Nc1ccc(C(=O)Nc2ccc(Br)cc2)cc1)c1ccccc1. The normalized spacial score (nSPS) is 10.1. The molecule has 0 aliphatic carbocycles. The average molecular weight is 395 g/mol. The molecule has 0 atom stereocenters. The quantitative estimate of drug-likeness (QED) is 0.657. The van der Waals surface area contributed by atoms with Crippen molar-refractivity contribution in [1.82, 2.24) is 0 Å². The second-order valence-corrected chi connectivity index (χ2v) is 6.27. The number of nitrogens with one attached hydrogen (secondary N) is 2. The number of benzene rings is 3. The van der Waals surface area contributed by atoms with Crippen LogP contribution in [-0.2, 0) is 0 Å². The molecular weight excluding hydrogens is 380 g/mol. The molecule has 0 saturated heterocycles. The molecular formula is C20H15BrN2O2. The molecule has 0 radical (unpaired) electrons. The third kappa shape index (κ3) is 4.55. The zero-order chi connectivity index (χ0) is 17.6. The van der Waals surface area contributed by atoms with Crippen molar-refractivity contribution in [2.45, 2.75) is 0 Å².